The Labute approximate surface area is 170 Å². The van der Waals surface area contributed by atoms with E-state index >= 15 is 0 Å². The average Bonchev–Trinajstić information content (AvgIpc) is 2.90. The number of carbonyl (C=O) groups is 1. The molecule has 1 unspecified atom stereocenters. The van der Waals surface area contributed by atoms with Gasteiger partial charge < -0.3 is 14.7 Å². The first-order chi connectivity index (χ1) is 13.9. The smallest absolute Gasteiger partial charge is 0.323 e. The van der Waals surface area contributed by atoms with Crippen LogP contribution in [0.4, 0.5) is 5.69 Å². The molecule has 0 bridgehead atoms. The molecule has 1 aliphatic rings. The fraction of sp³-hybridized carbons (Fsp3) is 0.286. The van der Waals surface area contributed by atoms with E-state index in [1.807, 2.05) is 48.2 Å². The molecule has 0 amide bonds. The summed E-state index contributed by atoms with van der Waals surface area (Å²) in [6.07, 6.45) is 3.80. The number of hydrogen-bond donors (Lipinski definition) is 1. The molecule has 0 radical (unpaired) electrons. The van der Waals surface area contributed by atoms with Gasteiger partial charge in [-0.15, -0.1) is 0 Å². The molecule has 0 saturated carbocycles. The number of anilines is 1. The van der Waals surface area contributed by atoms with E-state index in [4.69, 9.17) is 4.74 Å². The van der Waals surface area contributed by atoms with Crippen molar-refractivity contribution in [1.82, 2.24) is 4.31 Å². The fourth-order valence-corrected chi connectivity index (χ4v) is 4.92. The van der Waals surface area contributed by atoms with Gasteiger partial charge in [-0.3, -0.25) is 4.79 Å². The summed E-state index contributed by atoms with van der Waals surface area (Å²) in [7, 11) is -2.54. The highest BCUT2D eigenvalue weighted by molar-refractivity contribution is 7.89. The van der Waals surface area contributed by atoms with Crippen molar-refractivity contribution in [3.05, 3.63) is 66.2 Å². The van der Waals surface area contributed by atoms with Gasteiger partial charge >= 0.3 is 5.97 Å². The molecule has 1 atom stereocenters. The van der Waals surface area contributed by atoms with E-state index in [0.29, 0.717) is 12.3 Å². The molecule has 2 aromatic rings. The predicted octanol–water partition coefficient (Wildman–Crippen LogP) is 2.74. The minimum Gasteiger partial charge on any atom is -0.497 e. The lowest BCUT2D eigenvalue weighted by molar-refractivity contribution is -0.141. The van der Waals surface area contributed by atoms with Crippen molar-refractivity contribution in [3.8, 4) is 5.75 Å². The Hall–Kier alpha value is -2.84. The zero-order chi connectivity index (χ0) is 21.0. The molecule has 0 fully saturated rings. The summed E-state index contributed by atoms with van der Waals surface area (Å²) in [5.74, 6) is -0.655. The van der Waals surface area contributed by atoms with Crippen LogP contribution in [0.1, 0.15) is 12.5 Å². The monoisotopic (exact) mass is 416 g/mol. The van der Waals surface area contributed by atoms with E-state index < -0.39 is 22.0 Å². The van der Waals surface area contributed by atoms with E-state index in [1.54, 1.807) is 12.1 Å². The molecular weight excluding hydrogens is 392 g/mol. The third-order valence-electron chi connectivity index (χ3n) is 4.91. The topological polar surface area (TPSA) is 87.2 Å². The average molecular weight is 416 g/mol. The molecule has 29 heavy (non-hydrogen) atoms. The number of aliphatic carboxylic acids is 1. The first-order valence-corrected chi connectivity index (χ1v) is 10.6. The van der Waals surface area contributed by atoms with Crippen LogP contribution in [0.3, 0.4) is 0 Å². The number of hydrogen-bond acceptors (Lipinski definition) is 5. The molecule has 3 rings (SSSR count). The highest BCUT2D eigenvalue weighted by atomic mass is 32.2. The number of para-hydroxylation sites is 1. The van der Waals surface area contributed by atoms with Gasteiger partial charge in [-0.2, -0.15) is 4.31 Å². The quantitative estimate of drug-likeness (QED) is 0.729. The summed E-state index contributed by atoms with van der Waals surface area (Å²) in [5.41, 5.74) is 1.60. The Morgan fingerprint density at radius 2 is 1.90 bits per heavy atom. The maximum absolute atomic E-state index is 13.4. The van der Waals surface area contributed by atoms with Crippen molar-refractivity contribution >= 4 is 21.7 Å². The van der Waals surface area contributed by atoms with Crippen LogP contribution in [-0.4, -0.2) is 50.0 Å². The molecule has 1 aliphatic heterocycles. The normalized spacial score (nSPS) is 17.7. The van der Waals surface area contributed by atoms with Gasteiger partial charge in [0.25, 0.3) is 0 Å². The maximum atomic E-state index is 13.4. The van der Waals surface area contributed by atoms with E-state index in [0.717, 1.165) is 15.6 Å². The second kappa shape index (κ2) is 8.67. The highest BCUT2D eigenvalue weighted by Crippen LogP contribution is 2.31. The molecular formula is C21H24N2O5S. The van der Waals surface area contributed by atoms with Crippen molar-refractivity contribution in [2.75, 3.05) is 25.1 Å². The maximum Gasteiger partial charge on any atom is 0.323 e. The Balaban J connectivity index is 2.08. The molecule has 7 nitrogen and oxygen atoms in total. The molecule has 0 spiro atoms. The Morgan fingerprint density at radius 3 is 2.52 bits per heavy atom. The summed E-state index contributed by atoms with van der Waals surface area (Å²) in [6, 6.07) is 12.2. The Bertz CT molecular complexity index is 1000. The van der Waals surface area contributed by atoms with Gasteiger partial charge in [0.05, 0.1) is 12.0 Å². The number of fused-ring (bicyclic) bond motifs is 1. The predicted molar refractivity (Wildman–Crippen MR) is 111 cm³/mol. The van der Waals surface area contributed by atoms with Crippen LogP contribution in [0, 0.1) is 0 Å². The lowest BCUT2D eigenvalue weighted by Gasteiger charge is -2.28. The number of allylic oxidation sites excluding steroid dienone is 1. The van der Waals surface area contributed by atoms with Gasteiger partial charge in [-0.1, -0.05) is 30.4 Å². The van der Waals surface area contributed by atoms with E-state index in [-0.39, 0.29) is 18.0 Å². The largest absolute Gasteiger partial charge is 0.497 e. The minimum absolute atomic E-state index is 0.0200. The van der Waals surface area contributed by atoms with Gasteiger partial charge in [-0.05, 0) is 42.8 Å². The van der Waals surface area contributed by atoms with E-state index in [9.17, 15) is 18.3 Å². The second-order valence-corrected chi connectivity index (χ2v) is 8.57. The molecule has 1 N–H and O–H groups in total. The molecule has 1 heterocycles. The second-order valence-electron chi connectivity index (χ2n) is 6.68. The number of methoxy groups -OCH3 is 1. The van der Waals surface area contributed by atoms with Crippen molar-refractivity contribution in [2.24, 2.45) is 0 Å². The summed E-state index contributed by atoms with van der Waals surface area (Å²) < 4.78 is 32.9. The number of sulfonamides is 1. The van der Waals surface area contributed by atoms with E-state index in [1.165, 1.54) is 19.2 Å². The van der Waals surface area contributed by atoms with Crippen LogP contribution >= 0.6 is 0 Å². The lowest BCUT2D eigenvalue weighted by atomic mass is 10.1. The number of carboxylic acids is 1. The fourth-order valence-electron chi connectivity index (χ4n) is 3.37. The summed E-state index contributed by atoms with van der Waals surface area (Å²) in [4.78, 5) is 14.0. The zero-order valence-corrected chi connectivity index (χ0v) is 17.2. The standard InChI is InChI=1S/C21H24N2O5S/c1-3-4-13-22-15-20(21(24)25)23(14-16-7-5-6-8-19(16)22)29(26,27)18-11-9-17(28-2)10-12-18/h3-12,20H,13-15H2,1-2H3,(H,24,25)/b4-3+. The molecule has 0 aromatic heterocycles. The van der Waals surface area contributed by atoms with Crippen LogP contribution in [0.2, 0.25) is 0 Å². The Morgan fingerprint density at radius 1 is 1.21 bits per heavy atom. The molecule has 0 saturated heterocycles. The van der Waals surface area contributed by atoms with Crippen LogP contribution in [0.25, 0.3) is 0 Å². The third kappa shape index (κ3) is 4.28. The molecule has 0 aliphatic carbocycles. The number of ether oxygens (including phenoxy) is 1. The molecule has 2 aromatic carbocycles. The van der Waals surface area contributed by atoms with Gasteiger partial charge in [0, 0.05) is 25.3 Å². The van der Waals surface area contributed by atoms with Crippen LogP contribution in [0.5, 0.6) is 5.75 Å². The highest BCUT2D eigenvalue weighted by Gasteiger charge is 2.40. The first kappa shape index (κ1) is 20.9. The molecule has 154 valence electrons. The van der Waals surface area contributed by atoms with Gasteiger partial charge in [0.15, 0.2) is 0 Å². The third-order valence-corrected chi connectivity index (χ3v) is 6.78. The van der Waals surface area contributed by atoms with Gasteiger partial charge in [0.2, 0.25) is 10.0 Å². The van der Waals surface area contributed by atoms with Crippen molar-refractivity contribution in [3.63, 3.8) is 0 Å². The minimum atomic E-state index is -4.04. The van der Waals surface area contributed by atoms with Crippen molar-refractivity contribution in [2.45, 2.75) is 24.4 Å². The van der Waals surface area contributed by atoms with Gasteiger partial charge in [0.1, 0.15) is 11.8 Å². The Kier molecular flexibility index (Phi) is 6.24. The number of nitrogens with zero attached hydrogens (tertiary/aromatic N) is 2. The SMILES string of the molecule is C/C=C/CN1CC(C(=O)O)N(S(=O)(=O)c2ccc(OC)cc2)Cc2ccccc21. The van der Waals surface area contributed by atoms with Crippen molar-refractivity contribution in [1.29, 1.82) is 0 Å². The van der Waals surface area contributed by atoms with Crippen molar-refractivity contribution < 1.29 is 23.1 Å². The first-order valence-electron chi connectivity index (χ1n) is 9.21. The van der Waals surface area contributed by atoms with E-state index in [2.05, 4.69) is 0 Å². The lowest BCUT2D eigenvalue weighted by Crippen LogP contribution is -2.49. The van der Waals surface area contributed by atoms with Crippen LogP contribution in [0.15, 0.2) is 65.6 Å². The summed E-state index contributed by atoms with van der Waals surface area (Å²) >= 11 is 0. The molecule has 8 heteroatoms. The van der Waals surface area contributed by atoms with Crippen LogP contribution in [-0.2, 0) is 21.4 Å². The number of carboxylic acid groups (broad SMARTS) is 1. The summed E-state index contributed by atoms with van der Waals surface area (Å²) in [5, 5.41) is 9.88. The van der Waals surface area contributed by atoms with Gasteiger partial charge in [-0.25, -0.2) is 8.42 Å². The number of benzene rings is 2. The zero-order valence-electron chi connectivity index (χ0n) is 16.4. The summed E-state index contributed by atoms with van der Waals surface area (Å²) in [6.45, 7) is 2.41. The van der Waals surface area contributed by atoms with Crippen LogP contribution < -0.4 is 9.64 Å². The number of rotatable bonds is 6.